The zero-order chi connectivity index (χ0) is 7.98. The molecule has 0 saturated heterocycles. The van der Waals surface area contributed by atoms with Gasteiger partial charge in [0.15, 0.2) is 0 Å². The van der Waals surface area contributed by atoms with Crippen LogP contribution in [0.25, 0.3) is 0 Å². The molecule has 0 aromatic carbocycles. The molecule has 0 bridgehead atoms. The standard InChI is InChI=1S/C10H14/c1-5-10(4)8-6-7-9(2)3/h1,7H,4,6,8H2,2-3H3. The lowest BCUT2D eigenvalue weighted by molar-refractivity contribution is 1.01. The summed E-state index contributed by atoms with van der Waals surface area (Å²) >= 11 is 0. The summed E-state index contributed by atoms with van der Waals surface area (Å²) in [6.45, 7) is 7.87. The van der Waals surface area contributed by atoms with Crippen molar-refractivity contribution in [3.63, 3.8) is 0 Å². The molecule has 0 atom stereocenters. The molecule has 0 aliphatic carbocycles. The van der Waals surface area contributed by atoms with Crippen LogP contribution < -0.4 is 0 Å². The van der Waals surface area contributed by atoms with Crippen LogP contribution in [0, 0.1) is 12.3 Å². The van der Waals surface area contributed by atoms with Gasteiger partial charge in [-0.1, -0.05) is 24.1 Å². The van der Waals surface area contributed by atoms with Crippen LogP contribution >= 0.6 is 0 Å². The number of hydrogen-bond acceptors (Lipinski definition) is 0. The Kier molecular flexibility index (Phi) is 4.41. The summed E-state index contributed by atoms with van der Waals surface area (Å²) in [4.78, 5) is 0. The molecule has 0 unspecified atom stereocenters. The Bertz CT molecular complexity index is 173. The molecule has 0 aliphatic rings. The Labute approximate surface area is 63.6 Å². The van der Waals surface area contributed by atoms with E-state index in [1.807, 2.05) is 0 Å². The maximum Gasteiger partial charge on any atom is -0.00511 e. The van der Waals surface area contributed by atoms with Gasteiger partial charge in [-0.2, -0.15) is 0 Å². The number of hydrogen-bond donors (Lipinski definition) is 0. The minimum Gasteiger partial charge on any atom is -0.115 e. The van der Waals surface area contributed by atoms with E-state index in [1.165, 1.54) is 5.57 Å². The molecule has 0 amide bonds. The first kappa shape index (κ1) is 9.04. The van der Waals surface area contributed by atoms with Gasteiger partial charge in [0.2, 0.25) is 0 Å². The third-order valence-electron chi connectivity index (χ3n) is 1.20. The van der Waals surface area contributed by atoms with Gasteiger partial charge in [-0.05, 0) is 32.3 Å². The van der Waals surface area contributed by atoms with Gasteiger partial charge in [0.05, 0.1) is 0 Å². The molecular weight excluding hydrogens is 120 g/mol. The molecule has 0 aliphatic heterocycles. The summed E-state index contributed by atoms with van der Waals surface area (Å²) in [7, 11) is 0. The fraction of sp³-hybridized carbons (Fsp3) is 0.400. The van der Waals surface area contributed by atoms with Gasteiger partial charge in [-0.25, -0.2) is 0 Å². The van der Waals surface area contributed by atoms with E-state index in [0.717, 1.165) is 18.4 Å². The largest absolute Gasteiger partial charge is 0.115 e. The fourth-order valence-corrected chi connectivity index (χ4v) is 0.607. The molecular formula is C10H14. The van der Waals surface area contributed by atoms with Gasteiger partial charge >= 0.3 is 0 Å². The maximum atomic E-state index is 5.12. The lowest BCUT2D eigenvalue weighted by Crippen LogP contribution is -1.75. The van der Waals surface area contributed by atoms with E-state index in [-0.39, 0.29) is 0 Å². The van der Waals surface area contributed by atoms with Crippen molar-refractivity contribution in [2.24, 2.45) is 0 Å². The fourth-order valence-electron chi connectivity index (χ4n) is 0.607. The van der Waals surface area contributed by atoms with Crippen molar-refractivity contribution in [3.8, 4) is 12.3 Å². The van der Waals surface area contributed by atoms with E-state index < -0.39 is 0 Å². The molecule has 0 N–H and O–H groups in total. The van der Waals surface area contributed by atoms with Crippen LogP contribution in [0.1, 0.15) is 26.7 Å². The highest BCUT2D eigenvalue weighted by atomic mass is 13.9. The molecule has 0 fully saturated rings. The first-order valence-corrected chi connectivity index (χ1v) is 3.44. The lowest BCUT2D eigenvalue weighted by atomic mass is 10.1. The second-order valence-electron chi connectivity index (χ2n) is 2.57. The summed E-state index contributed by atoms with van der Waals surface area (Å²) in [5.41, 5.74) is 2.22. The second-order valence-corrected chi connectivity index (χ2v) is 2.57. The monoisotopic (exact) mass is 134 g/mol. The van der Waals surface area contributed by atoms with Crippen molar-refractivity contribution >= 4 is 0 Å². The summed E-state index contributed by atoms with van der Waals surface area (Å²) in [6, 6.07) is 0. The van der Waals surface area contributed by atoms with Gasteiger partial charge in [-0.3, -0.25) is 0 Å². The van der Waals surface area contributed by atoms with Crippen LogP contribution in [0.2, 0.25) is 0 Å². The zero-order valence-corrected chi connectivity index (χ0v) is 6.78. The summed E-state index contributed by atoms with van der Waals surface area (Å²) < 4.78 is 0. The molecule has 0 spiro atoms. The minimum absolute atomic E-state index is 0.887. The molecule has 0 radical (unpaired) electrons. The molecule has 10 heavy (non-hydrogen) atoms. The predicted octanol–water partition coefficient (Wildman–Crippen LogP) is 2.92. The summed E-state index contributed by atoms with van der Waals surface area (Å²) in [5, 5.41) is 0. The van der Waals surface area contributed by atoms with Gasteiger partial charge in [0.1, 0.15) is 0 Å². The molecule has 0 heteroatoms. The average Bonchev–Trinajstić information content (AvgIpc) is 1.87. The van der Waals surface area contributed by atoms with E-state index in [2.05, 4.69) is 32.4 Å². The normalized spacial score (nSPS) is 8.10. The number of allylic oxidation sites excluding steroid dienone is 3. The number of rotatable bonds is 3. The predicted molar refractivity (Wildman–Crippen MR) is 46.6 cm³/mol. The molecule has 0 rings (SSSR count). The van der Waals surface area contributed by atoms with Crippen molar-refractivity contribution in [2.75, 3.05) is 0 Å². The van der Waals surface area contributed by atoms with Gasteiger partial charge < -0.3 is 0 Å². The van der Waals surface area contributed by atoms with E-state index in [1.54, 1.807) is 0 Å². The first-order chi connectivity index (χ1) is 4.66. The van der Waals surface area contributed by atoms with Crippen molar-refractivity contribution in [2.45, 2.75) is 26.7 Å². The van der Waals surface area contributed by atoms with Crippen molar-refractivity contribution in [3.05, 3.63) is 23.8 Å². The van der Waals surface area contributed by atoms with Crippen LogP contribution in [0.4, 0.5) is 0 Å². The molecule has 0 aromatic rings. The van der Waals surface area contributed by atoms with Crippen LogP contribution in [0.15, 0.2) is 23.8 Å². The Balaban J connectivity index is 3.50. The highest BCUT2D eigenvalue weighted by Crippen LogP contribution is 2.03. The van der Waals surface area contributed by atoms with Crippen molar-refractivity contribution < 1.29 is 0 Å². The maximum absolute atomic E-state index is 5.12. The van der Waals surface area contributed by atoms with E-state index in [0.29, 0.717) is 0 Å². The number of terminal acetylenes is 1. The van der Waals surface area contributed by atoms with Crippen LogP contribution in [0.3, 0.4) is 0 Å². The van der Waals surface area contributed by atoms with Gasteiger partial charge in [0, 0.05) is 0 Å². The average molecular weight is 134 g/mol. The minimum atomic E-state index is 0.887. The van der Waals surface area contributed by atoms with Gasteiger partial charge in [0.25, 0.3) is 0 Å². The summed E-state index contributed by atoms with van der Waals surface area (Å²) in [5.74, 6) is 2.51. The van der Waals surface area contributed by atoms with E-state index >= 15 is 0 Å². The Hall–Kier alpha value is -0.960. The third kappa shape index (κ3) is 5.18. The topological polar surface area (TPSA) is 0 Å². The Morgan fingerprint density at radius 1 is 1.60 bits per heavy atom. The Morgan fingerprint density at radius 2 is 2.20 bits per heavy atom. The highest BCUT2D eigenvalue weighted by Gasteiger charge is 1.85. The first-order valence-electron chi connectivity index (χ1n) is 3.44. The molecule has 0 saturated carbocycles. The van der Waals surface area contributed by atoms with Crippen LogP contribution in [-0.2, 0) is 0 Å². The molecule has 0 nitrogen and oxygen atoms in total. The molecule has 54 valence electrons. The SMILES string of the molecule is C#CC(=C)CCC=C(C)C. The lowest BCUT2D eigenvalue weighted by Gasteiger charge is -1.92. The van der Waals surface area contributed by atoms with Crippen LogP contribution in [-0.4, -0.2) is 0 Å². The molecule has 0 heterocycles. The smallest absolute Gasteiger partial charge is 0.00511 e. The Morgan fingerprint density at radius 3 is 2.60 bits per heavy atom. The molecule has 0 aromatic heterocycles. The zero-order valence-electron chi connectivity index (χ0n) is 6.78. The highest BCUT2D eigenvalue weighted by molar-refractivity contribution is 5.21. The quantitative estimate of drug-likeness (QED) is 0.411. The van der Waals surface area contributed by atoms with Crippen LogP contribution in [0.5, 0.6) is 0 Å². The van der Waals surface area contributed by atoms with Crippen molar-refractivity contribution in [1.29, 1.82) is 0 Å². The van der Waals surface area contributed by atoms with E-state index in [9.17, 15) is 0 Å². The summed E-state index contributed by atoms with van der Waals surface area (Å²) in [6.07, 6.45) is 9.23. The van der Waals surface area contributed by atoms with Gasteiger partial charge in [-0.15, -0.1) is 6.42 Å². The third-order valence-corrected chi connectivity index (χ3v) is 1.20. The second kappa shape index (κ2) is 4.88. The van der Waals surface area contributed by atoms with Crippen molar-refractivity contribution in [1.82, 2.24) is 0 Å². The van der Waals surface area contributed by atoms with E-state index in [4.69, 9.17) is 6.42 Å².